The summed E-state index contributed by atoms with van der Waals surface area (Å²) in [7, 11) is 0. The summed E-state index contributed by atoms with van der Waals surface area (Å²) in [5.41, 5.74) is -0.188. The molecular formula is C20H31NO2. The van der Waals surface area contributed by atoms with Crippen LogP contribution in [-0.2, 0) is 9.53 Å². The number of allylic oxidation sites excluding steroid dienone is 1. The Morgan fingerprint density at radius 1 is 1.26 bits per heavy atom. The Bertz CT molecular complexity index is 540. The maximum atomic E-state index is 13.2. The van der Waals surface area contributed by atoms with E-state index in [0.717, 1.165) is 25.2 Å². The van der Waals surface area contributed by atoms with E-state index in [9.17, 15) is 4.79 Å². The van der Waals surface area contributed by atoms with Crippen molar-refractivity contribution in [3.63, 3.8) is 0 Å². The van der Waals surface area contributed by atoms with Crippen molar-refractivity contribution in [3.05, 3.63) is 12.2 Å². The highest BCUT2D eigenvalue weighted by molar-refractivity contribution is 5.84. The van der Waals surface area contributed by atoms with Crippen LogP contribution in [-0.4, -0.2) is 28.7 Å². The first-order valence-corrected chi connectivity index (χ1v) is 9.54. The monoisotopic (exact) mass is 317 g/mol. The van der Waals surface area contributed by atoms with Crippen molar-refractivity contribution in [1.29, 1.82) is 0 Å². The lowest BCUT2D eigenvalue weighted by molar-refractivity contribution is -0.238. The van der Waals surface area contributed by atoms with Crippen LogP contribution < -0.4 is 0 Å². The molecule has 3 fully saturated rings. The zero-order valence-corrected chi connectivity index (χ0v) is 15.0. The summed E-state index contributed by atoms with van der Waals surface area (Å²) in [6.07, 6.45) is 11.9. The van der Waals surface area contributed by atoms with E-state index in [0.29, 0.717) is 17.9 Å². The van der Waals surface area contributed by atoms with E-state index in [2.05, 4.69) is 44.7 Å². The molecule has 0 N–H and O–H groups in total. The average Bonchev–Trinajstić information content (AvgIpc) is 2.71. The van der Waals surface area contributed by atoms with Crippen LogP contribution in [0.15, 0.2) is 12.2 Å². The maximum absolute atomic E-state index is 13.2. The molecule has 0 aromatic rings. The molecule has 0 bridgehead atoms. The Morgan fingerprint density at radius 2 is 2.04 bits per heavy atom. The molecule has 128 valence electrons. The quantitative estimate of drug-likeness (QED) is 0.629. The highest BCUT2D eigenvalue weighted by Crippen LogP contribution is 2.57. The Morgan fingerprint density at radius 3 is 2.74 bits per heavy atom. The molecule has 2 saturated heterocycles. The second kappa shape index (κ2) is 5.08. The van der Waals surface area contributed by atoms with E-state index >= 15 is 0 Å². The van der Waals surface area contributed by atoms with Gasteiger partial charge in [0.2, 0.25) is 5.91 Å². The second-order valence-corrected chi connectivity index (χ2v) is 9.04. The molecule has 23 heavy (non-hydrogen) atoms. The van der Waals surface area contributed by atoms with Gasteiger partial charge in [0, 0.05) is 22.8 Å². The third-order valence-corrected chi connectivity index (χ3v) is 7.40. The normalized spacial score (nSPS) is 48.4. The largest absolute Gasteiger partial charge is 0.354 e. The first-order valence-electron chi connectivity index (χ1n) is 9.54. The molecule has 1 spiro atoms. The molecule has 6 atom stereocenters. The van der Waals surface area contributed by atoms with E-state index in [-0.39, 0.29) is 23.1 Å². The van der Waals surface area contributed by atoms with Gasteiger partial charge in [-0.15, -0.1) is 0 Å². The van der Waals surface area contributed by atoms with E-state index in [1.54, 1.807) is 0 Å². The molecule has 1 saturated carbocycles. The van der Waals surface area contributed by atoms with Crippen LogP contribution in [0.5, 0.6) is 0 Å². The smallest absolute Gasteiger partial charge is 0.228 e. The standard InChI is InChI=1S/C20H31NO2/c1-13-8-9-15-16(12-13)23-18-20(10-6-5-7-11-20)14(2)17(22)21(18)19(15,3)4/h6,10,13-16,18H,5,7-9,11-12H2,1-4H3/t13-,14+,15-,16-,18+,20-/m1/s1. The lowest BCUT2D eigenvalue weighted by Gasteiger charge is -2.57. The maximum Gasteiger partial charge on any atom is 0.228 e. The van der Waals surface area contributed by atoms with Gasteiger partial charge in [-0.2, -0.15) is 0 Å². The fourth-order valence-corrected chi connectivity index (χ4v) is 5.89. The van der Waals surface area contributed by atoms with Crippen molar-refractivity contribution in [2.45, 2.75) is 84.1 Å². The van der Waals surface area contributed by atoms with E-state index < -0.39 is 0 Å². The van der Waals surface area contributed by atoms with Crippen LogP contribution >= 0.6 is 0 Å². The van der Waals surface area contributed by atoms with Crippen molar-refractivity contribution in [3.8, 4) is 0 Å². The number of fused-ring (bicyclic) bond motifs is 3. The molecule has 4 rings (SSSR count). The van der Waals surface area contributed by atoms with Crippen LogP contribution in [0, 0.1) is 23.2 Å². The van der Waals surface area contributed by atoms with Gasteiger partial charge in [0.25, 0.3) is 0 Å². The summed E-state index contributed by atoms with van der Waals surface area (Å²) in [6, 6.07) is 0. The van der Waals surface area contributed by atoms with Crippen LogP contribution in [0.1, 0.15) is 66.2 Å². The molecule has 0 radical (unpaired) electrons. The predicted molar refractivity (Wildman–Crippen MR) is 90.7 cm³/mol. The van der Waals surface area contributed by atoms with Crippen LogP contribution in [0.3, 0.4) is 0 Å². The molecule has 3 nitrogen and oxygen atoms in total. The van der Waals surface area contributed by atoms with Gasteiger partial charge in [0.15, 0.2) is 0 Å². The van der Waals surface area contributed by atoms with Crippen molar-refractivity contribution in [2.75, 3.05) is 0 Å². The summed E-state index contributed by atoms with van der Waals surface area (Å²) in [4.78, 5) is 15.3. The Kier molecular flexibility index (Phi) is 3.46. The first-order chi connectivity index (χ1) is 10.9. The molecular weight excluding hydrogens is 286 g/mol. The lowest BCUT2D eigenvalue weighted by atomic mass is 9.68. The molecule has 1 amide bonds. The number of carbonyl (C=O) groups excluding carboxylic acids is 1. The van der Waals surface area contributed by atoms with Crippen molar-refractivity contribution >= 4 is 5.91 Å². The average molecular weight is 317 g/mol. The Labute approximate surface area is 140 Å². The number of ether oxygens (including phenoxy) is 1. The number of rotatable bonds is 0. The number of nitrogens with zero attached hydrogens (tertiary/aromatic N) is 1. The van der Waals surface area contributed by atoms with Gasteiger partial charge < -0.3 is 9.64 Å². The molecule has 2 heterocycles. The fraction of sp³-hybridized carbons (Fsp3) is 0.850. The lowest BCUT2D eigenvalue weighted by Crippen LogP contribution is -2.65. The van der Waals surface area contributed by atoms with Gasteiger partial charge in [-0.1, -0.05) is 32.4 Å². The zero-order chi connectivity index (χ0) is 16.4. The van der Waals surface area contributed by atoms with Gasteiger partial charge in [0.1, 0.15) is 6.23 Å². The molecule has 3 heteroatoms. The fourth-order valence-electron chi connectivity index (χ4n) is 5.89. The minimum Gasteiger partial charge on any atom is -0.354 e. The molecule has 2 aliphatic heterocycles. The zero-order valence-electron chi connectivity index (χ0n) is 15.0. The number of hydrogen-bond donors (Lipinski definition) is 0. The van der Waals surface area contributed by atoms with Crippen molar-refractivity contribution in [1.82, 2.24) is 4.90 Å². The summed E-state index contributed by atoms with van der Waals surface area (Å²) >= 11 is 0. The minimum absolute atomic E-state index is 0.0425. The topological polar surface area (TPSA) is 29.5 Å². The van der Waals surface area contributed by atoms with Crippen LogP contribution in [0.2, 0.25) is 0 Å². The van der Waals surface area contributed by atoms with Crippen LogP contribution in [0.25, 0.3) is 0 Å². The second-order valence-electron chi connectivity index (χ2n) is 9.04. The third-order valence-electron chi connectivity index (χ3n) is 7.40. The number of hydrogen-bond acceptors (Lipinski definition) is 2. The summed E-state index contributed by atoms with van der Waals surface area (Å²) in [5, 5.41) is 0. The number of amides is 1. The van der Waals surface area contributed by atoms with Gasteiger partial charge >= 0.3 is 0 Å². The SMILES string of the molecule is C[C@@H]1CC[C@@H]2[C@@H](C1)O[C@@H]1N(C(=O)[C@H](C)[C@]13C=CCCC3)C2(C)C. The third kappa shape index (κ3) is 2.01. The number of carbonyl (C=O) groups is 1. The van der Waals surface area contributed by atoms with Gasteiger partial charge in [-0.05, 0) is 51.9 Å². The molecule has 0 aromatic carbocycles. The minimum atomic E-state index is -0.0989. The van der Waals surface area contributed by atoms with Crippen molar-refractivity contribution in [2.24, 2.45) is 23.2 Å². The summed E-state index contributed by atoms with van der Waals surface area (Å²) in [5.74, 6) is 1.57. The van der Waals surface area contributed by atoms with E-state index in [4.69, 9.17) is 4.74 Å². The summed E-state index contributed by atoms with van der Waals surface area (Å²) < 4.78 is 6.71. The molecule has 4 aliphatic rings. The highest BCUT2D eigenvalue weighted by Gasteiger charge is 2.65. The van der Waals surface area contributed by atoms with E-state index in [1.807, 2.05) is 0 Å². The Hall–Kier alpha value is -0.830. The first kappa shape index (κ1) is 15.7. The van der Waals surface area contributed by atoms with E-state index in [1.165, 1.54) is 19.3 Å². The molecule has 0 unspecified atom stereocenters. The van der Waals surface area contributed by atoms with Gasteiger partial charge in [-0.25, -0.2) is 0 Å². The molecule has 0 aromatic heterocycles. The van der Waals surface area contributed by atoms with Gasteiger partial charge in [0.05, 0.1) is 6.10 Å². The summed E-state index contributed by atoms with van der Waals surface area (Å²) in [6.45, 7) is 9.04. The van der Waals surface area contributed by atoms with Gasteiger partial charge in [-0.3, -0.25) is 4.79 Å². The highest BCUT2D eigenvalue weighted by atomic mass is 16.5. The molecule has 2 aliphatic carbocycles. The van der Waals surface area contributed by atoms with Crippen LogP contribution in [0.4, 0.5) is 0 Å². The Balaban J connectivity index is 1.76. The van der Waals surface area contributed by atoms with Crippen molar-refractivity contribution < 1.29 is 9.53 Å². The predicted octanol–water partition coefficient (Wildman–Crippen LogP) is 4.13.